The van der Waals surface area contributed by atoms with Gasteiger partial charge in [-0.15, -0.1) is 0 Å². The normalized spacial score (nSPS) is 19.4. The number of fused-ring (bicyclic) bond motifs is 1. The average molecular weight is 387 g/mol. The monoisotopic (exact) mass is 387 g/mol. The van der Waals surface area contributed by atoms with Gasteiger partial charge in [-0.3, -0.25) is 4.79 Å². The second-order valence-electron chi connectivity index (χ2n) is 7.71. The van der Waals surface area contributed by atoms with E-state index in [1.807, 2.05) is 0 Å². The first kappa shape index (κ1) is 17.4. The summed E-state index contributed by atoms with van der Waals surface area (Å²) in [6.07, 6.45) is 3.49. The lowest BCUT2D eigenvalue weighted by Crippen LogP contribution is -2.33. The fourth-order valence-electron chi connectivity index (χ4n) is 4.33. The van der Waals surface area contributed by atoms with Crippen LogP contribution in [0.5, 0.6) is 0 Å². The van der Waals surface area contributed by atoms with Crippen molar-refractivity contribution in [2.24, 2.45) is 0 Å². The van der Waals surface area contributed by atoms with Gasteiger partial charge < -0.3 is 19.9 Å². The Hall–Kier alpha value is -2.74. The highest BCUT2D eigenvalue weighted by molar-refractivity contribution is 5.94. The molecule has 1 fully saturated rings. The molecule has 0 radical (unpaired) electrons. The predicted octanol–water partition coefficient (Wildman–Crippen LogP) is 2.42. The molecule has 1 aromatic carbocycles. The highest BCUT2D eigenvalue weighted by Gasteiger charge is 2.32. The molecule has 8 heteroatoms. The lowest BCUT2D eigenvalue weighted by molar-refractivity contribution is 0.0695. The number of carbonyl (C=O) groups is 1. The zero-order valence-electron chi connectivity index (χ0n) is 15.1. The Kier molecular flexibility index (Phi) is 3.80. The summed E-state index contributed by atoms with van der Waals surface area (Å²) >= 11 is 0. The predicted molar refractivity (Wildman–Crippen MR) is 100 cm³/mol. The molecule has 0 amide bonds. The maximum Gasteiger partial charge on any atom is 0.341 e. The molecular formula is C20H19F2N3O3. The third kappa shape index (κ3) is 2.55. The van der Waals surface area contributed by atoms with Crippen LogP contribution >= 0.6 is 0 Å². The van der Waals surface area contributed by atoms with Crippen LogP contribution in [0, 0.1) is 11.6 Å². The fraction of sp³-hybridized carbons (Fsp3) is 0.400. The minimum atomic E-state index is -1.39. The minimum Gasteiger partial charge on any atom is -0.477 e. The van der Waals surface area contributed by atoms with Gasteiger partial charge in [0.1, 0.15) is 17.1 Å². The van der Waals surface area contributed by atoms with E-state index in [0.717, 1.165) is 44.0 Å². The van der Waals surface area contributed by atoms with Crippen molar-refractivity contribution in [1.29, 1.82) is 0 Å². The molecule has 1 aromatic heterocycles. The van der Waals surface area contributed by atoms with Gasteiger partial charge >= 0.3 is 5.97 Å². The summed E-state index contributed by atoms with van der Waals surface area (Å²) in [5, 5.41) is 12.4. The topological polar surface area (TPSA) is 74.6 Å². The van der Waals surface area contributed by atoms with E-state index in [0.29, 0.717) is 13.1 Å². The first-order valence-corrected chi connectivity index (χ1v) is 9.41. The van der Waals surface area contributed by atoms with Crippen LogP contribution < -0.4 is 15.6 Å². The van der Waals surface area contributed by atoms with Gasteiger partial charge in [-0.05, 0) is 30.9 Å². The number of benzene rings is 1. The van der Waals surface area contributed by atoms with Gasteiger partial charge in [0, 0.05) is 38.4 Å². The van der Waals surface area contributed by atoms with E-state index in [1.54, 1.807) is 4.90 Å². The lowest BCUT2D eigenvalue weighted by atomic mass is 10.0. The number of anilines is 1. The standard InChI is InChI=1S/C20H19F2N3O3/c21-15-5-13-17(25(12-1-2-12)9-14(19(13)26)20(27)28)16(22)18(15)24-4-3-10-6-23-7-11(10)8-24/h5,9,12,23H,1-4,6-8H2,(H,27,28). The number of carboxylic acid groups (broad SMARTS) is 1. The van der Waals surface area contributed by atoms with Gasteiger partial charge in [-0.2, -0.15) is 0 Å². The van der Waals surface area contributed by atoms with Gasteiger partial charge in [0.2, 0.25) is 5.43 Å². The fourth-order valence-corrected chi connectivity index (χ4v) is 4.33. The number of halogens is 2. The quantitative estimate of drug-likeness (QED) is 0.792. The van der Waals surface area contributed by atoms with Crippen molar-refractivity contribution in [3.05, 3.63) is 50.8 Å². The Bertz CT molecular complexity index is 1120. The molecule has 0 unspecified atom stereocenters. The first-order valence-electron chi connectivity index (χ1n) is 9.41. The van der Waals surface area contributed by atoms with Crippen molar-refractivity contribution in [2.45, 2.75) is 25.3 Å². The number of rotatable bonds is 3. The Labute approximate surface area is 159 Å². The smallest absolute Gasteiger partial charge is 0.341 e. The van der Waals surface area contributed by atoms with Crippen LogP contribution in [0.2, 0.25) is 0 Å². The Morgan fingerprint density at radius 3 is 2.68 bits per heavy atom. The Balaban J connectivity index is 1.72. The third-order valence-electron chi connectivity index (χ3n) is 5.91. The maximum atomic E-state index is 15.6. The zero-order chi connectivity index (χ0) is 19.6. The molecule has 0 saturated heterocycles. The van der Waals surface area contributed by atoms with E-state index >= 15 is 4.39 Å². The van der Waals surface area contributed by atoms with Gasteiger partial charge in [0.05, 0.1) is 10.9 Å². The van der Waals surface area contributed by atoms with Crippen molar-refractivity contribution in [3.63, 3.8) is 0 Å². The summed E-state index contributed by atoms with van der Waals surface area (Å²) in [5.41, 5.74) is 1.01. The van der Waals surface area contributed by atoms with E-state index in [1.165, 1.54) is 16.3 Å². The molecule has 0 atom stereocenters. The van der Waals surface area contributed by atoms with Crippen molar-refractivity contribution in [1.82, 2.24) is 9.88 Å². The molecule has 2 aromatic rings. The lowest BCUT2D eigenvalue weighted by Gasteiger charge is -2.31. The molecule has 3 heterocycles. The van der Waals surface area contributed by atoms with E-state index in [-0.39, 0.29) is 22.6 Å². The van der Waals surface area contributed by atoms with Crippen LogP contribution in [0.4, 0.5) is 14.5 Å². The molecule has 3 aliphatic rings. The number of aromatic carboxylic acids is 1. The summed E-state index contributed by atoms with van der Waals surface area (Å²) in [6, 6.07) is 0.932. The molecule has 1 aliphatic carbocycles. The summed E-state index contributed by atoms with van der Waals surface area (Å²) in [7, 11) is 0. The van der Waals surface area contributed by atoms with Crippen LogP contribution in [-0.4, -0.2) is 41.8 Å². The number of carboxylic acids is 1. The zero-order valence-corrected chi connectivity index (χ0v) is 15.1. The molecule has 2 N–H and O–H groups in total. The highest BCUT2D eigenvalue weighted by atomic mass is 19.1. The second kappa shape index (κ2) is 6.13. The molecule has 28 heavy (non-hydrogen) atoms. The van der Waals surface area contributed by atoms with E-state index in [9.17, 15) is 19.1 Å². The Morgan fingerprint density at radius 2 is 1.96 bits per heavy atom. The molecule has 2 aliphatic heterocycles. The highest BCUT2D eigenvalue weighted by Crippen LogP contribution is 2.40. The van der Waals surface area contributed by atoms with Crippen molar-refractivity contribution < 1.29 is 18.7 Å². The number of hydrogen-bond donors (Lipinski definition) is 2. The summed E-state index contributed by atoms with van der Waals surface area (Å²) in [4.78, 5) is 25.7. The van der Waals surface area contributed by atoms with Crippen molar-refractivity contribution in [3.8, 4) is 0 Å². The third-order valence-corrected chi connectivity index (χ3v) is 5.91. The van der Waals surface area contributed by atoms with Gasteiger partial charge in [-0.1, -0.05) is 5.57 Å². The molecular weight excluding hydrogens is 368 g/mol. The molecule has 1 saturated carbocycles. The number of pyridine rings is 1. The van der Waals surface area contributed by atoms with Gasteiger partial charge in [-0.25, -0.2) is 13.6 Å². The minimum absolute atomic E-state index is 0.00164. The van der Waals surface area contributed by atoms with Crippen LogP contribution in [0.15, 0.2) is 28.2 Å². The molecule has 0 spiro atoms. The summed E-state index contributed by atoms with van der Waals surface area (Å²) in [6.45, 7) is 2.49. The summed E-state index contributed by atoms with van der Waals surface area (Å²) < 4.78 is 32.1. The average Bonchev–Trinajstić information content (AvgIpc) is 3.39. The second-order valence-corrected chi connectivity index (χ2v) is 7.71. The number of nitrogens with zero attached hydrogens (tertiary/aromatic N) is 2. The summed E-state index contributed by atoms with van der Waals surface area (Å²) in [5.74, 6) is -3.01. The molecule has 5 rings (SSSR count). The van der Waals surface area contributed by atoms with Crippen molar-refractivity contribution >= 4 is 22.6 Å². The SMILES string of the molecule is O=C(O)c1cn(C2CC2)c2c(F)c(N3CCC4=C(CNC4)C3)c(F)cc2c1=O. The van der Waals surface area contributed by atoms with E-state index < -0.39 is 28.6 Å². The van der Waals surface area contributed by atoms with Crippen molar-refractivity contribution in [2.75, 3.05) is 31.1 Å². The van der Waals surface area contributed by atoms with Crippen LogP contribution in [0.25, 0.3) is 10.9 Å². The molecule has 6 nitrogen and oxygen atoms in total. The maximum absolute atomic E-state index is 15.6. The number of nitrogens with one attached hydrogen (secondary N) is 1. The molecule has 146 valence electrons. The van der Waals surface area contributed by atoms with E-state index in [2.05, 4.69) is 5.32 Å². The van der Waals surface area contributed by atoms with Gasteiger partial charge in [0.25, 0.3) is 0 Å². The van der Waals surface area contributed by atoms with Crippen LogP contribution in [0.3, 0.4) is 0 Å². The van der Waals surface area contributed by atoms with Crippen LogP contribution in [0.1, 0.15) is 35.7 Å². The number of aromatic nitrogens is 1. The Morgan fingerprint density at radius 1 is 1.21 bits per heavy atom. The van der Waals surface area contributed by atoms with E-state index in [4.69, 9.17) is 0 Å². The van der Waals surface area contributed by atoms with Crippen LogP contribution in [-0.2, 0) is 0 Å². The largest absolute Gasteiger partial charge is 0.477 e. The van der Waals surface area contributed by atoms with Gasteiger partial charge in [0.15, 0.2) is 5.82 Å². The molecule has 0 bridgehead atoms. The number of hydrogen-bond acceptors (Lipinski definition) is 4. The first-order chi connectivity index (χ1) is 13.5.